The van der Waals surface area contributed by atoms with Crippen molar-refractivity contribution in [1.29, 1.82) is 0 Å². The minimum atomic E-state index is 0.346. The Hall–Kier alpha value is -1.20. The topological polar surface area (TPSA) is 50.3 Å². The number of aromatic nitrogens is 2. The fraction of sp³-hybridized carbons (Fsp3) is 0.692. The van der Waals surface area contributed by atoms with Crippen LogP contribution < -0.4 is 10.2 Å². The average molecular weight is 250 g/mol. The van der Waals surface area contributed by atoms with Crippen LogP contribution in [0.15, 0.2) is 12.1 Å². The Labute approximate surface area is 109 Å². The lowest BCUT2D eigenvalue weighted by Gasteiger charge is -2.21. The second-order valence-electron chi connectivity index (χ2n) is 4.68. The number of ether oxygens (including phenoxy) is 1. The maximum absolute atomic E-state index is 5.62. The van der Waals surface area contributed by atoms with Gasteiger partial charge in [0.1, 0.15) is 0 Å². The summed E-state index contributed by atoms with van der Waals surface area (Å²) in [6.45, 7) is 5.59. The summed E-state index contributed by atoms with van der Waals surface area (Å²) < 4.78 is 5.62. The van der Waals surface area contributed by atoms with Gasteiger partial charge in [0.25, 0.3) is 0 Å². The molecule has 0 aliphatic carbocycles. The molecule has 1 unspecified atom stereocenters. The predicted molar refractivity (Wildman–Crippen MR) is 71.7 cm³/mol. The van der Waals surface area contributed by atoms with Crippen LogP contribution >= 0.6 is 0 Å². The van der Waals surface area contributed by atoms with E-state index >= 15 is 0 Å². The van der Waals surface area contributed by atoms with E-state index in [0.717, 1.165) is 44.2 Å². The van der Waals surface area contributed by atoms with Crippen LogP contribution in [0.5, 0.6) is 0 Å². The van der Waals surface area contributed by atoms with Crippen molar-refractivity contribution in [2.24, 2.45) is 0 Å². The van der Waals surface area contributed by atoms with Crippen LogP contribution in [0.2, 0.25) is 0 Å². The molecule has 0 radical (unpaired) electrons. The molecular formula is C13H22N4O. The van der Waals surface area contributed by atoms with Crippen molar-refractivity contribution in [1.82, 2.24) is 15.5 Å². The standard InChI is InChI=1S/C13H22N4O/c1-3-14-9-11-6-7-13(16-15-11)17(2)10-12-5-4-8-18-12/h6-7,12,14H,3-5,8-10H2,1-2H3. The number of likely N-dealkylation sites (N-methyl/N-ethyl adjacent to an activating group) is 1. The van der Waals surface area contributed by atoms with Gasteiger partial charge in [0.05, 0.1) is 11.8 Å². The van der Waals surface area contributed by atoms with Gasteiger partial charge >= 0.3 is 0 Å². The molecule has 1 aliphatic heterocycles. The van der Waals surface area contributed by atoms with Crippen LogP contribution in [0.4, 0.5) is 5.82 Å². The lowest BCUT2D eigenvalue weighted by Crippen LogP contribution is -2.29. The summed E-state index contributed by atoms with van der Waals surface area (Å²) in [5.74, 6) is 0.908. The zero-order chi connectivity index (χ0) is 12.8. The van der Waals surface area contributed by atoms with E-state index in [1.54, 1.807) is 0 Å². The number of nitrogens with one attached hydrogen (secondary N) is 1. The van der Waals surface area contributed by atoms with Crippen LogP contribution in [0.3, 0.4) is 0 Å². The second-order valence-corrected chi connectivity index (χ2v) is 4.68. The van der Waals surface area contributed by atoms with E-state index in [0.29, 0.717) is 6.10 Å². The smallest absolute Gasteiger partial charge is 0.151 e. The van der Waals surface area contributed by atoms with E-state index in [1.165, 1.54) is 6.42 Å². The van der Waals surface area contributed by atoms with E-state index < -0.39 is 0 Å². The normalized spacial score (nSPS) is 19.1. The molecule has 5 heteroatoms. The van der Waals surface area contributed by atoms with Crippen molar-refractivity contribution >= 4 is 5.82 Å². The number of hydrogen-bond donors (Lipinski definition) is 1. The fourth-order valence-corrected chi connectivity index (χ4v) is 2.09. The van der Waals surface area contributed by atoms with Gasteiger partial charge in [-0.1, -0.05) is 6.92 Å². The number of hydrogen-bond acceptors (Lipinski definition) is 5. The third-order valence-electron chi connectivity index (χ3n) is 3.15. The van der Waals surface area contributed by atoms with E-state index in [-0.39, 0.29) is 0 Å². The van der Waals surface area contributed by atoms with Gasteiger partial charge in [-0.2, -0.15) is 5.10 Å². The van der Waals surface area contributed by atoms with Gasteiger partial charge in [-0.3, -0.25) is 0 Å². The fourth-order valence-electron chi connectivity index (χ4n) is 2.09. The molecule has 0 spiro atoms. The molecule has 1 saturated heterocycles. The summed E-state index contributed by atoms with van der Waals surface area (Å²) >= 11 is 0. The molecule has 18 heavy (non-hydrogen) atoms. The first-order valence-corrected chi connectivity index (χ1v) is 6.65. The lowest BCUT2D eigenvalue weighted by molar-refractivity contribution is 0.116. The van der Waals surface area contributed by atoms with Crippen molar-refractivity contribution < 1.29 is 4.74 Å². The molecule has 0 saturated carbocycles. The third kappa shape index (κ3) is 3.65. The molecule has 2 heterocycles. The molecule has 1 atom stereocenters. The van der Waals surface area contributed by atoms with Crippen molar-refractivity contribution in [2.75, 3.05) is 31.6 Å². The molecule has 1 aromatic rings. The SMILES string of the molecule is CCNCc1ccc(N(C)CC2CCCO2)nn1. The van der Waals surface area contributed by atoms with Gasteiger partial charge in [0.2, 0.25) is 0 Å². The first kappa shape index (κ1) is 13.2. The maximum Gasteiger partial charge on any atom is 0.151 e. The summed E-state index contributed by atoms with van der Waals surface area (Å²) in [4.78, 5) is 2.11. The molecular weight excluding hydrogens is 228 g/mol. The molecule has 0 bridgehead atoms. The molecule has 2 rings (SSSR count). The Balaban J connectivity index is 1.87. The molecule has 5 nitrogen and oxygen atoms in total. The molecule has 1 N–H and O–H groups in total. The van der Waals surface area contributed by atoms with Gasteiger partial charge in [-0.05, 0) is 31.5 Å². The molecule has 1 aromatic heterocycles. The predicted octanol–water partition coefficient (Wildman–Crippen LogP) is 1.20. The molecule has 0 amide bonds. The summed E-state index contributed by atoms with van der Waals surface area (Å²) in [6.07, 6.45) is 2.67. The first-order valence-electron chi connectivity index (χ1n) is 6.65. The van der Waals surface area contributed by atoms with Gasteiger partial charge in [0.15, 0.2) is 5.82 Å². The second kappa shape index (κ2) is 6.66. The minimum Gasteiger partial charge on any atom is -0.376 e. The number of nitrogens with zero attached hydrogens (tertiary/aromatic N) is 3. The maximum atomic E-state index is 5.62. The van der Waals surface area contributed by atoms with Crippen molar-refractivity contribution in [2.45, 2.75) is 32.4 Å². The van der Waals surface area contributed by atoms with E-state index in [9.17, 15) is 0 Å². The Morgan fingerprint density at radius 1 is 1.44 bits per heavy atom. The Morgan fingerprint density at radius 2 is 2.33 bits per heavy atom. The van der Waals surface area contributed by atoms with Gasteiger partial charge in [-0.15, -0.1) is 5.10 Å². The zero-order valence-corrected chi connectivity index (χ0v) is 11.2. The summed E-state index contributed by atoms with van der Waals surface area (Å²) in [5.41, 5.74) is 0.978. The summed E-state index contributed by atoms with van der Waals surface area (Å²) in [6, 6.07) is 4.05. The molecule has 100 valence electrons. The highest BCUT2D eigenvalue weighted by molar-refractivity contribution is 5.36. The van der Waals surface area contributed by atoms with Crippen LogP contribution in [0.1, 0.15) is 25.5 Å². The molecule has 0 aromatic carbocycles. The third-order valence-corrected chi connectivity index (χ3v) is 3.15. The van der Waals surface area contributed by atoms with E-state index in [4.69, 9.17) is 4.74 Å². The zero-order valence-electron chi connectivity index (χ0n) is 11.2. The monoisotopic (exact) mass is 250 g/mol. The number of anilines is 1. The Bertz CT molecular complexity index is 349. The highest BCUT2D eigenvalue weighted by atomic mass is 16.5. The van der Waals surface area contributed by atoms with E-state index in [1.807, 2.05) is 19.2 Å². The van der Waals surface area contributed by atoms with Crippen LogP contribution in [0.25, 0.3) is 0 Å². The lowest BCUT2D eigenvalue weighted by atomic mass is 10.2. The highest BCUT2D eigenvalue weighted by Gasteiger charge is 2.18. The number of rotatable bonds is 6. The van der Waals surface area contributed by atoms with Crippen molar-refractivity contribution in [3.05, 3.63) is 17.8 Å². The van der Waals surface area contributed by atoms with Gasteiger partial charge < -0.3 is 15.0 Å². The minimum absolute atomic E-state index is 0.346. The summed E-state index contributed by atoms with van der Waals surface area (Å²) in [7, 11) is 2.04. The highest BCUT2D eigenvalue weighted by Crippen LogP contribution is 2.15. The van der Waals surface area contributed by atoms with E-state index in [2.05, 4.69) is 27.3 Å². The first-order chi connectivity index (χ1) is 8.79. The van der Waals surface area contributed by atoms with Gasteiger partial charge in [-0.25, -0.2) is 0 Å². The van der Waals surface area contributed by atoms with Crippen LogP contribution in [0, 0.1) is 0 Å². The summed E-state index contributed by atoms with van der Waals surface area (Å²) in [5, 5.41) is 11.7. The average Bonchev–Trinajstić information content (AvgIpc) is 2.89. The molecule has 1 aliphatic rings. The largest absolute Gasteiger partial charge is 0.376 e. The quantitative estimate of drug-likeness (QED) is 0.822. The van der Waals surface area contributed by atoms with Gasteiger partial charge in [0, 0.05) is 26.7 Å². The Morgan fingerprint density at radius 3 is 2.94 bits per heavy atom. The van der Waals surface area contributed by atoms with Crippen molar-refractivity contribution in [3.8, 4) is 0 Å². The van der Waals surface area contributed by atoms with Crippen LogP contribution in [-0.2, 0) is 11.3 Å². The van der Waals surface area contributed by atoms with Crippen LogP contribution in [-0.4, -0.2) is 43.0 Å². The van der Waals surface area contributed by atoms with Crippen molar-refractivity contribution in [3.63, 3.8) is 0 Å². The molecule has 1 fully saturated rings. The Kier molecular flexibility index (Phi) is 4.90.